The molecule has 0 aliphatic heterocycles. The van der Waals surface area contributed by atoms with E-state index < -0.39 is 0 Å². The molecular weight excluding hydrogens is 384 g/mol. The number of nitrogens with zero attached hydrogens (tertiary/aromatic N) is 1. The molecule has 0 saturated carbocycles. The van der Waals surface area contributed by atoms with Crippen LogP contribution in [0.4, 0.5) is 0 Å². The molecule has 0 radical (unpaired) electrons. The van der Waals surface area contributed by atoms with Gasteiger partial charge in [0, 0.05) is 4.47 Å². The third-order valence-electron chi connectivity index (χ3n) is 3.22. The minimum absolute atomic E-state index is 0.0992. The van der Waals surface area contributed by atoms with Crippen LogP contribution in [0.15, 0.2) is 58.1 Å². The van der Waals surface area contributed by atoms with Gasteiger partial charge >= 0.3 is 0 Å². The fourth-order valence-electron chi connectivity index (χ4n) is 1.90. The zero-order valence-electron chi connectivity index (χ0n) is 14.1. The molecule has 0 bridgehead atoms. The maximum absolute atomic E-state index is 11.7. The van der Waals surface area contributed by atoms with Gasteiger partial charge in [-0.05, 0) is 54.4 Å². The molecule has 0 heterocycles. The number of ether oxygens (including phenoxy) is 2. The summed E-state index contributed by atoms with van der Waals surface area (Å²) in [4.78, 5) is 11.7. The molecule has 2 rings (SSSR count). The lowest BCUT2D eigenvalue weighted by molar-refractivity contribution is -0.123. The summed E-state index contributed by atoms with van der Waals surface area (Å²) in [6.07, 6.45) is 3.72. The fraction of sp³-hybridized carbons (Fsp3) is 0.263. The second-order valence-corrected chi connectivity index (χ2v) is 6.23. The zero-order chi connectivity index (χ0) is 17.9. The van der Waals surface area contributed by atoms with Crippen molar-refractivity contribution in [3.8, 4) is 11.5 Å². The van der Waals surface area contributed by atoms with Crippen LogP contribution in [0.3, 0.4) is 0 Å². The predicted octanol–water partition coefficient (Wildman–Crippen LogP) is 4.16. The van der Waals surface area contributed by atoms with Crippen molar-refractivity contribution < 1.29 is 14.3 Å². The van der Waals surface area contributed by atoms with Gasteiger partial charge in [-0.3, -0.25) is 4.79 Å². The monoisotopic (exact) mass is 404 g/mol. The summed E-state index contributed by atoms with van der Waals surface area (Å²) in [5, 5.41) is 3.92. The quantitative estimate of drug-likeness (QED) is 0.387. The number of hydrogen-bond acceptors (Lipinski definition) is 4. The number of unbranched alkanes of at least 4 members (excludes halogenated alkanes) is 1. The Kier molecular flexibility index (Phi) is 7.98. The van der Waals surface area contributed by atoms with Crippen molar-refractivity contribution in [2.75, 3.05) is 13.2 Å². The summed E-state index contributed by atoms with van der Waals surface area (Å²) in [6, 6.07) is 14.8. The van der Waals surface area contributed by atoms with E-state index in [2.05, 4.69) is 33.4 Å². The maximum atomic E-state index is 11.7. The van der Waals surface area contributed by atoms with Gasteiger partial charge in [-0.2, -0.15) is 5.10 Å². The third-order valence-corrected chi connectivity index (χ3v) is 3.71. The minimum Gasteiger partial charge on any atom is -0.494 e. The zero-order valence-corrected chi connectivity index (χ0v) is 15.7. The number of rotatable bonds is 9. The lowest BCUT2D eigenvalue weighted by Crippen LogP contribution is -2.24. The smallest absolute Gasteiger partial charge is 0.277 e. The van der Waals surface area contributed by atoms with Crippen LogP contribution in [0.1, 0.15) is 25.3 Å². The molecule has 0 spiro atoms. The molecule has 5 nitrogen and oxygen atoms in total. The number of hydrazone groups is 1. The van der Waals surface area contributed by atoms with E-state index in [1.165, 1.54) is 0 Å². The molecule has 2 aromatic carbocycles. The average Bonchev–Trinajstić information content (AvgIpc) is 2.62. The van der Waals surface area contributed by atoms with Gasteiger partial charge in [0.05, 0.1) is 12.8 Å². The summed E-state index contributed by atoms with van der Waals surface area (Å²) in [5.74, 6) is 1.12. The second-order valence-electron chi connectivity index (χ2n) is 5.31. The SMILES string of the molecule is CCCCOc1ccc(/C=N\NC(=O)COc2cccc(Br)c2)cc1. The number of halogens is 1. The molecular formula is C19H21BrN2O3. The minimum atomic E-state index is -0.323. The van der Waals surface area contributed by atoms with E-state index in [0.717, 1.165) is 35.2 Å². The van der Waals surface area contributed by atoms with Crippen molar-refractivity contribution >= 4 is 28.1 Å². The normalized spacial score (nSPS) is 10.6. The van der Waals surface area contributed by atoms with E-state index in [9.17, 15) is 4.79 Å². The molecule has 0 unspecified atom stereocenters. The van der Waals surface area contributed by atoms with Gasteiger partial charge in [-0.25, -0.2) is 5.43 Å². The number of hydrogen-bond donors (Lipinski definition) is 1. The highest BCUT2D eigenvalue weighted by molar-refractivity contribution is 9.10. The highest BCUT2D eigenvalue weighted by Gasteiger charge is 2.01. The summed E-state index contributed by atoms with van der Waals surface area (Å²) < 4.78 is 11.9. The van der Waals surface area contributed by atoms with Gasteiger partial charge in [0.1, 0.15) is 11.5 Å². The Labute approximate surface area is 156 Å². The molecule has 25 heavy (non-hydrogen) atoms. The van der Waals surface area contributed by atoms with Crippen LogP contribution in [-0.2, 0) is 4.79 Å². The largest absolute Gasteiger partial charge is 0.494 e. The van der Waals surface area contributed by atoms with Gasteiger partial charge in [0.25, 0.3) is 5.91 Å². The summed E-state index contributed by atoms with van der Waals surface area (Å²) in [5.41, 5.74) is 3.31. The Morgan fingerprint density at radius 2 is 1.96 bits per heavy atom. The van der Waals surface area contributed by atoms with Crippen LogP contribution in [0.5, 0.6) is 11.5 Å². The van der Waals surface area contributed by atoms with Crippen molar-refractivity contribution in [1.29, 1.82) is 0 Å². The number of benzene rings is 2. The lowest BCUT2D eigenvalue weighted by Gasteiger charge is -2.05. The van der Waals surface area contributed by atoms with E-state index in [1.807, 2.05) is 36.4 Å². The van der Waals surface area contributed by atoms with Crippen LogP contribution >= 0.6 is 15.9 Å². The van der Waals surface area contributed by atoms with Gasteiger partial charge in [-0.1, -0.05) is 35.3 Å². The van der Waals surface area contributed by atoms with E-state index in [1.54, 1.807) is 18.3 Å². The number of nitrogens with one attached hydrogen (secondary N) is 1. The van der Waals surface area contributed by atoms with Crippen molar-refractivity contribution in [2.45, 2.75) is 19.8 Å². The molecule has 0 saturated heterocycles. The van der Waals surface area contributed by atoms with Crippen LogP contribution < -0.4 is 14.9 Å². The summed E-state index contributed by atoms with van der Waals surface area (Å²) in [7, 11) is 0. The Balaban J connectivity index is 1.73. The molecule has 0 aliphatic rings. The van der Waals surface area contributed by atoms with E-state index in [0.29, 0.717) is 5.75 Å². The van der Waals surface area contributed by atoms with Gasteiger partial charge < -0.3 is 9.47 Å². The average molecular weight is 405 g/mol. The first kappa shape index (κ1) is 19.0. The van der Waals surface area contributed by atoms with Crippen LogP contribution in [0, 0.1) is 0 Å². The topological polar surface area (TPSA) is 59.9 Å². The lowest BCUT2D eigenvalue weighted by atomic mass is 10.2. The first-order chi connectivity index (χ1) is 12.2. The van der Waals surface area contributed by atoms with Crippen LogP contribution in [-0.4, -0.2) is 25.3 Å². The second kappa shape index (κ2) is 10.5. The third kappa shape index (κ3) is 7.39. The number of amides is 1. The van der Waals surface area contributed by atoms with Crippen molar-refractivity contribution in [3.63, 3.8) is 0 Å². The van der Waals surface area contributed by atoms with E-state index in [-0.39, 0.29) is 12.5 Å². The molecule has 0 aromatic heterocycles. The Morgan fingerprint density at radius 3 is 2.68 bits per heavy atom. The number of carbonyl (C=O) groups is 1. The molecule has 1 amide bonds. The first-order valence-electron chi connectivity index (χ1n) is 8.10. The standard InChI is InChI=1S/C19H21BrN2O3/c1-2-3-11-24-17-9-7-15(8-10-17)13-21-22-19(23)14-25-18-6-4-5-16(20)12-18/h4-10,12-13H,2-3,11,14H2,1H3,(H,22,23)/b21-13-. The van der Waals surface area contributed by atoms with Crippen molar-refractivity contribution in [3.05, 3.63) is 58.6 Å². The molecule has 1 N–H and O–H groups in total. The molecule has 2 aromatic rings. The van der Waals surface area contributed by atoms with E-state index in [4.69, 9.17) is 9.47 Å². The Bertz CT molecular complexity index is 702. The van der Waals surface area contributed by atoms with E-state index >= 15 is 0 Å². The molecule has 0 atom stereocenters. The molecule has 132 valence electrons. The first-order valence-corrected chi connectivity index (χ1v) is 8.90. The molecule has 0 fully saturated rings. The highest BCUT2D eigenvalue weighted by Crippen LogP contribution is 2.17. The summed E-state index contributed by atoms with van der Waals surface area (Å²) in [6.45, 7) is 2.75. The van der Waals surface area contributed by atoms with Crippen LogP contribution in [0.25, 0.3) is 0 Å². The van der Waals surface area contributed by atoms with Crippen LogP contribution in [0.2, 0.25) is 0 Å². The van der Waals surface area contributed by atoms with Crippen molar-refractivity contribution in [2.24, 2.45) is 5.10 Å². The highest BCUT2D eigenvalue weighted by atomic mass is 79.9. The van der Waals surface area contributed by atoms with Gasteiger partial charge in [0.15, 0.2) is 6.61 Å². The number of carbonyl (C=O) groups excluding carboxylic acids is 1. The van der Waals surface area contributed by atoms with Crippen molar-refractivity contribution in [1.82, 2.24) is 5.43 Å². The predicted molar refractivity (Wildman–Crippen MR) is 102 cm³/mol. The van der Waals surface area contributed by atoms with Gasteiger partial charge in [-0.15, -0.1) is 0 Å². The maximum Gasteiger partial charge on any atom is 0.277 e. The molecule has 6 heteroatoms. The molecule has 0 aliphatic carbocycles. The Morgan fingerprint density at radius 1 is 1.16 bits per heavy atom. The summed E-state index contributed by atoms with van der Waals surface area (Å²) >= 11 is 3.35. The van der Waals surface area contributed by atoms with Gasteiger partial charge in [0.2, 0.25) is 0 Å². The fourth-order valence-corrected chi connectivity index (χ4v) is 2.28. The Hall–Kier alpha value is -2.34.